The lowest BCUT2D eigenvalue weighted by atomic mass is 10.2. The van der Waals surface area contributed by atoms with Gasteiger partial charge < -0.3 is 4.90 Å². The third kappa shape index (κ3) is 5.15. The molecule has 0 spiro atoms. The Labute approximate surface area is 152 Å². The van der Waals surface area contributed by atoms with Gasteiger partial charge in [-0.15, -0.1) is 0 Å². The third-order valence-corrected chi connectivity index (χ3v) is 4.54. The largest absolute Gasteiger partial charge is 0.337 e. The predicted molar refractivity (Wildman–Crippen MR) is 98.7 cm³/mol. The molecule has 1 heterocycles. The molecule has 0 radical (unpaired) electrons. The molecule has 130 valence electrons. The van der Waals surface area contributed by atoms with Gasteiger partial charge in [0.25, 0.3) is 0 Å². The lowest BCUT2D eigenvalue weighted by Crippen LogP contribution is -2.47. The number of hydrogen-bond acceptors (Lipinski definition) is 2. The van der Waals surface area contributed by atoms with E-state index in [1.165, 1.54) is 12.1 Å². The number of carbonyl (C=O) groups excluding carboxylic acids is 1. The van der Waals surface area contributed by atoms with Gasteiger partial charge in [-0.25, -0.2) is 4.39 Å². The highest BCUT2D eigenvalue weighted by atomic mass is 35.5. The van der Waals surface area contributed by atoms with Crippen LogP contribution in [0.4, 0.5) is 4.39 Å². The molecule has 0 aliphatic carbocycles. The number of amides is 1. The van der Waals surface area contributed by atoms with Crippen molar-refractivity contribution in [3.05, 3.63) is 76.6 Å². The lowest BCUT2D eigenvalue weighted by molar-refractivity contribution is -0.127. The Hall–Kier alpha value is -2.17. The molecule has 1 aliphatic rings. The molecule has 1 amide bonds. The standard InChI is InChI=1S/C20H20ClFN2O/c21-18-6-1-16(2-7-18)5-10-20(25)24-13-11-23(12-14-24)15-17-3-8-19(22)9-4-17/h1-10H,11-15H2/b10-5+. The molecule has 1 saturated heterocycles. The van der Waals surface area contributed by atoms with Crippen molar-refractivity contribution in [2.75, 3.05) is 26.2 Å². The van der Waals surface area contributed by atoms with Gasteiger partial charge in [0.15, 0.2) is 0 Å². The van der Waals surface area contributed by atoms with Crippen molar-refractivity contribution in [2.45, 2.75) is 6.54 Å². The van der Waals surface area contributed by atoms with Gasteiger partial charge in [0.1, 0.15) is 5.82 Å². The van der Waals surface area contributed by atoms with Crippen LogP contribution >= 0.6 is 11.6 Å². The van der Waals surface area contributed by atoms with Crippen molar-refractivity contribution in [3.63, 3.8) is 0 Å². The van der Waals surface area contributed by atoms with Gasteiger partial charge in [-0.2, -0.15) is 0 Å². The first-order chi connectivity index (χ1) is 12.1. The van der Waals surface area contributed by atoms with Crippen molar-refractivity contribution in [1.29, 1.82) is 0 Å². The molecule has 0 bridgehead atoms. The van der Waals surface area contributed by atoms with E-state index in [2.05, 4.69) is 4.90 Å². The molecular weight excluding hydrogens is 339 g/mol. The molecule has 3 nitrogen and oxygen atoms in total. The molecule has 2 aromatic carbocycles. The first-order valence-electron chi connectivity index (χ1n) is 8.29. The van der Waals surface area contributed by atoms with Crippen LogP contribution in [0.25, 0.3) is 6.08 Å². The lowest BCUT2D eigenvalue weighted by Gasteiger charge is -2.34. The van der Waals surface area contributed by atoms with Gasteiger partial charge in [-0.05, 0) is 41.5 Å². The number of nitrogens with zero attached hydrogens (tertiary/aromatic N) is 2. The summed E-state index contributed by atoms with van der Waals surface area (Å²) in [5.41, 5.74) is 2.04. The second-order valence-electron chi connectivity index (χ2n) is 6.11. The summed E-state index contributed by atoms with van der Waals surface area (Å²) >= 11 is 5.85. The summed E-state index contributed by atoms with van der Waals surface area (Å²) in [5.74, 6) is -0.192. The molecule has 0 aromatic heterocycles. The normalized spacial score (nSPS) is 15.7. The van der Waals surface area contributed by atoms with E-state index in [1.807, 2.05) is 35.2 Å². The molecule has 1 aliphatic heterocycles. The Kier molecular flexibility index (Phi) is 5.84. The van der Waals surface area contributed by atoms with Crippen LogP contribution < -0.4 is 0 Å². The van der Waals surface area contributed by atoms with Crippen molar-refractivity contribution in [2.24, 2.45) is 0 Å². The minimum Gasteiger partial charge on any atom is -0.337 e. The maximum Gasteiger partial charge on any atom is 0.246 e. The van der Waals surface area contributed by atoms with Gasteiger partial charge in [0, 0.05) is 43.8 Å². The summed E-state index contributed by atoms with van der Waals surface area (Å²) in [5, 5.41) is 0.681. The first-order valence-corrected chi connectivity index (χ1v) is 8.67. The highest BCUT2D eigenvalue weighted by Crippen LogP contribution is 2.12. The molecule has 1 fully saturated rings. The summed E-state index contributed by atoms with van der Waals surface area (Å²) in [7, 11) is 0. The number of halogens is 2. The molecule has 2 aromatic rings. The highest BCUT2D eigenvalue weighted by molar-refractivity contribution is 6.30. The van der Waals surface area contributed by atoms with E-state index in [0.717, 1.165) is 30.8 Å². The first kappa shape index (κ1) is 17.6. The maximum absolute atomic E-state index is 12.9. The van der Waals surface area contributed by atoms with Crippen LogP contribution in [-0.2, 0) is 11.3 Å². The van der Waals surface area contributed by atoms with Crippen LogP contribution in [0.1, 0.15) is 11.1 Å². The average molecular weight is 359 g/mol. The fraction of sp³-hybridized carbons (Fsp3) is 0.250. The highest BCUT2D eigenvalue weighted by Gasteiger charge is 2.19. The number of benzene rings is 2. The molecule has 0 saturated carbocycles. The Bertz CT molecular complexity index is 735. The fourth-order valence-corrected chi connectivity index (χ4v) is 2.95. The van der Waals surface area contributed by atoms with Gasteiger partial charge in [-0.1, -0.05) is 35.9 Å². The van der Waals surface area contributed by atoms with Crippen LogP contribution in [0.2, 0.25) is 5.02 Å². The van der Waals surface area contributed by atoms with Crippen LogP contribution in [0.15, 0.2) is 54.6 Å². The van der Waals surface area contributed by atoms with Gasteiger partial charge in [0.05, 0.1) is 0 Å². The van der Waals surface area contributed by atoms with E-state index in [4.69, 9.17) is 11.6 Å². The van der Waals surface area contributed by atoms with Crippen molar-refractivity contribution in [1.82, 2.24) is 9.80 Å². The van der Waals surface area contributed by atoms with Gasteiger partial charge in [0.2, 0.25) is 5.91 Å². The van der Waals surface area contributed by atoms with Crippen molar-refractivity contribution >= 4 is 23.6 Å². The molecular formula is C20H20ClFN2O. The second kappa shape index (κ2) is 8.28. The number of rotatable bonds is 4. The third-order valence-electron chi connectivity index (χ3n) is 4.29. The minimum atomic E-state index is -0.216. The molecule has 0 N–H and O–H groups in total. The van der Waals surface area contributed by atoms with Crippen LogP contribution in [-0.4, -0.2) is 41.9 Å². The van der Waals surface area contributed by atoms with E-state index in [9.17, 15) is 9.18 Å². The Morgan fingerprint density at radius 3 is 2.28 bits per heavy atom. The smallest absolute Gasteiger partial charge is 0.246 e. The summed E-state index contributed by atoms with van der Waals surface area (Å²) < 4.78 is 12.9. The zero-order valence-corrected chi connectivity index (χ0v) is 14.6. The minimum absolute atomic E-state index is 0.0244. The van der Waals surface area contributed by atoms with Crippen LogP contribution in [0.5, 0.6) is 0 Å². The summed E-state index contributed by atoms with van der Waals surface area (Å²) in [6.07, 6.45) is 3.42. The topological polar surface area (TPSA) is 23.6 Å². The Morgan fingerprint density at radius 1 is 1.00 bits per heavy atom. The molecule has 3 rings (SSSR count). The zero-order chi connectivity index (χ0) is 17.6. The Morgan fingerprint density at radius 2 is 1.64 bits per heavy atom. The predicted octanol–water partition coefficient (Wildman–Crippen LogP) is 3.84. The monoisotopic (exact) mass is 358 g/mol. The molecule has 0 unspecified atom stereocenters. The fourth-order valence-electron chi connectivity index (χ4n) is 2.82. The van der Waals surface area contributed by atoms with E-state index >= 15 is 0 Å². The van der Waals surface area contributed by atoms with Gasteiger partial charge in [-0.3, -0.25) is 9.69 Å². The van der Waals surface area contributed by atoms with E-state index in [-0.39, 0.29) is 11.7 Å². The summed E-state index contributed by atoms with van der Waals surface area (Å²) in [6, 6.07) is 14.0. The zero-order valence-electron chi connectivity index (χ0n) is 13.9. The van der Waals surface area contributed by atoms with Crippen LogP contribution in [0.3, 0.4) is 0 Å². The van der Waals surface area contributed by atoms with Crippen molar-refractivity contribution in [3.8, 4) is 0 Å². The van der Waals surface area contributed by atoms with Crippen molar-refractivity contribution < 1.29 is 9.18 Å². The van der Waals surface area contributed by atoms with E-state index in [0.29, 0.717) is 18.1 Å². The second-order valence-corrected chi connectivity index (χ2v) is 6.55. The maximum atomic E-state index is 12.9. The van der Waals surface area contributed by atoms with Crippen LogP contribution in [0, 0.1) is 5.82 Å². The SMILES string of the molecule is O=C(/C=C/c1ccc(Cl)cc1)N1CCN(Cc2ccc(F)cc2)CC1. The quantitative estimate of drug-likeness (QED) is 0.775. The number of hydrogen-bond donors (Lipinski definition) is 0. The molecule has 5 heteroatoms. The summed E-state index contributed by atoms with van der Waals surface area (Å²) in [6.45, 7) is 3.81. The van der Waals surface area contributed by atoms with E-state index < -0.39 is 0 Å². The Balaban J connectivity index is 1.48. The average Bonchev–Trinajstić information content (AvgIpc) is 2.63. The molecule has 25 heavy (non-hydrogen) atoms. The number of piperazine rings is 1. The van der Waals surface area contributed by atoms with E-state index in [1.54, 1.807) is 18.2 Å². The van der Waals surface area contributed by atoms with Gasteiger partial charge >= 0.3 is 0 Å². The number of carbonyl (C=O) groups is 1. The molecule has 0 atom stereocenters. The summed E-state index contributed by atoms with van der Waals surface area (Å²) in [4.78, 5) is 16.4.